The van der Waals surface area contributed by atoms with E-state index >= 15 is 0 Å². The van der Waals surface area contributed by atoms with Gasteiger partial charge in [0.1, 0.15) is 5.76 Å². The molecule has 0 radical (unpaired) electrons. The van der Waals surface area contributed by atoms with Gasteiger partial charge in [0.15, 0.2) is 5.58 Å². The first-order valence-electron chi connectivity index (χ1n) is 8.54. The Kier molecular flexibility index (Phi) is 5.17. The summed E-state index contributed by atoms with van der Waals surface area (Å²) in [6.07, 6.45) is 4.65. The van der Waals surface area contributed by atoms with Crippen molar-refractivity contribution in [3.05, 3.63) is 64.5 Å². The summed E-state index contributed by atoms with van der Waals surface area (Å²) in [5, 5.41) is 2.45. The number of fused-ring (bicyclic) bond motifs is 1. The Bertz CT molecular complexity index is 1380. The first-order chi connectivity index (χ1) is 14.4. The van der Waals surface area contributed by atoms with E-state index in [1.165, 1.54) is 25.3 Å². The maximum atomic E-state index is 11.8. The van der Waals surface area contributed by atoms with Gasteiger partial charge in [0, 0.05) is 29.4 Å². The SMILES string of the molecule is CNS(=O)(=O)c1ccc(C#Cc2cncc3cc(/C=C4/SC(=O)NC4=O)oc23)cc1. The van der Waals surface area contributed by atoms with E-state index in [4.69, 9.17) is 4.42 Å². The maximum absolute atomic E-state index is 11.8. The number of benzene rings is 1. The van der Waals surface area contributed by atoms with E-state index in [-0.39, 0.29) is 9.80 Å². The molecule has 4 rings (SSSR count). The summed E-state index contributed by atoms with van der Waals surface area (Å²) in [5.74, 6) is 5.85. The van der Waals surface area contributed by atoms with Crippen molar-refractivity contribution in [3.63, 3.8) is 0 Å². The third-order valence-corrected chi connectivity index (χ3v) is 6.37. The number of furan rings is 1. The van der Waals surface area contributed by atoms with Gasteiger partial charge >= 0.3 is 0 Å². The summed E-state index contributed by atoms with van der Waals surface area (Å²) in [5.41, 5.74) is 1.64. The fraction of sp³-hybridized carbons (Fsp3) is 0.0500. The van der Waals surface area contributed by atoms with Crippen LogP contribution in [-0.2, 0) is 14.8 Å². The number of hydrogen-bond acceptors (Lipinski definition) is 7. The molecule has 30 heavy (non-hydrogen) atoms. The van der Waals surface area contributed by atoms with Gasteiger partial charge < -0.3 is 4.42 Å². The van der Waals surface area contributed by atoms with Crippen molar-refractivity contribution in [1.82, 2.24) is 15.0 Å². The van der Waals surface area contributed by atoms with Gasteiger partial charge in [-0.05, 0) is 49.1 Å². The fourth-order valence-corrected chi connectivity index (χ4v) is 4.06. The van der Waals surface area contributed by atoms with Gasteiger partial charge in [-0.15, -0.1) is 0 Å². The Morgan fingerprint density at radius 3 is 2.60 bits per heavy atom. The number of nitrogens with zero attached hydrogens (tertiary/aromatic N) is 1. The third-order valence-electron chi connectivity index (χ3n) is 4.13. The van der Waals surface area contributed by atoms with Crippen LogP contribution in [0.3, 0.4) is 0 Å². The number of rotatable bonds is 3. The van der Waals surface area contributed by atoms with Crippen molar-refractivity contribution in [2.45, 2.75) is 4.90 Å². The van der Waals surface area contributed by atoms with Gasteiger partial charge in [0.25, 0.3) is 11.1 Å². The van der Waals surface area contributed by atoms with Crippen molar-refractivity contribution in [3.8, 4) is 11.8 Å². The minimum Gasteiger partial charge on any atom is -0.455 e. The summed E-state index contributed by atoms with van der Waals surface area (Å²) in [4.78, 5) is 27.5. The average molecular weight is 439 g/mol. The summed E-state index contributed by atoms with van der Waals surface area (Å²) in [6, 6.07) is 7.86. The van der Waals surface area contributed by atoms with Crippen LogP contribution in [0.5, 0.6) is 0 Å². The van der Waals surface area contributed by atoms with Crippen LogP contribution >= 0.6 is 11.8 Å². The second-order valence-corrected chi connectivity index (χ2v) is 8.99. The molecular formula is C20H13N3O5S2. The molecule has 3 aromatic rings. The standard InChI is InChI=1S/C20H13N3O5S2/c1-21-30(26,27)16-6-3-12(4-7-16)2-5-13-10-22-11-14-8-15(28-18(13)14)9-17-19(24)23-20(25)29-17/h3-4,6-11,21H,1H3,(H,23,24,25)/b17-9+. The van der Waals surface area contributed by atoms with Crippen LogP contribution in [0.2, 0.25) is 0 Å². The summed E-state index contributed by atoms with van der Waals surface area (Å²) in [6.45, 7) is 0. The van der Waals surface area contributed by atoms with E-state index in [1.54, 1.807) is 30.6 Å². The second-order valence-electron chi connectivity index (χ2n) is 6.09. The maximum Gasteiger partial charge on any atom is 0.290 e. The zero-order valence-electron chi connectivity index (χ0n) is 15.4. The summed E-state index contributed by atoms with van der Waals surface area (Å²) < 4.78 is 31.6. The topological polar surface area (TPSA) is 118 Å². The fourth-order valence-electron chi connectivity index (χ4n) is 2.67. The molecule has 150 valence electrons. The van der Waals surface area contributed by atoms with Gasteiger partial charge in [-0.25, -0.2) is 13.1 Å². The predicted octanol–water partition coefficient (Wildman–Crippen LogP) is 2.46. The van der Waals surface area contributed by atoms with Crippen LogP contribution in [0, 0.1) is 11.8 Å². The van der Waals surface area contributed by atoms with Crippen molar-refractivity contribution in [1.29, 1.82) is 0 Å². The molecule has 8 nitrogen and oxygen atoms in total. The van der Waals surface area contributed by atoms with E-state index in [1.807, 2.05) is 0 Å². The minimum absolute atomic E-state index is 0.148. The number of thioether (sulfide) groups is 1. The molecular weight excluding hydrogens is 426 g/mol. The molecule has 0 spiro atoms. The predicted molar refractivity (Wildman–Crippen MR) is 112 cm³/mol. The highest BCUT2D eigenvalue weighted by atomic mass is 32.2. The lowest BCUT2D eigenvalue weighted by Gasteiger charge is -2.01. The van der Waals surface area contributed by atoms with Gasteiger partial charge in [-0.2, -0.15) is 0 Å². The van der Waals surface area contributed by atoms with Crippen molar-refractivity contribution in [2.75, 3.05) is 7.05 Å². The van der Waals surface area contributed by atoms with Crippen LogP contribution in [-0.4, -0.2) is 31.6 Å². The van der Waals surface area contributed by atoms with Gasteiger partial charge in [-0.3, -0.25) is 19.9 Å². The van der Waals surface area contributed by atoms with E-state index in [0.717, 1.165) is 11.8 Å². The van der Waals surface area contributed by atoms with Crippen molar-refractivity contribution < 1.29 is 22.4 Å². The monoisotopic (exact) mass is 439 g/mol. The normalized spacial score (nSPS) is 15.3. The lowest BCUT2D eigenvalue weighted by molar-refractivity contribution is -0.115. The Hall–Kier alpha value is -3.39. The molecule has 0 saturated carbocycles. The molecule has 2 aromatic heterocycles. The molecule has 0 bridgehead atoms. The average Bonchev–Trinajstić information content (AvgIpc) is 3.28. The Morgan fingerprint density at radius 2 is 1.93 bits per heavy atom. The highest BCUT2D eigenvalue weighted by Gasteiger charge is 2.25. The van der Waals surface area contributed by atoms with E-state index in [2.05, 4.69) is 26.9 Å². The number of aromatic nitrogens is 1. The Morgan fingerprint density at radius 1 is 1.17 bits per heavy atom. The van der Waals surface area contributed by atoms with Crippen LogP contribution in [0.15, 0.2) is 56.9 Å². The van der Waals surface area contributed by atoms with Gasteiger partial charge in [0.05, 0.1) is 15.4 Å². The molecule has 2 N–H and O–H groups in total. The van der Waals surface area contributed by atoms with Crippen LogP contribution in [0.1, 0.15) is 16.9 Å². The molecule has 0 aliphatic carbocycles. The van der Waals surface area contributed by atoms with E-state index < -0.39 is 21.2 Å². The first-order valence-corrected chi connectivity index (χ1v) is 10.8. The number of carbonyl (C=O) groups is 2. The largest absolute Gasteiger partial charge is 0.455 e. The molecule has 1 aliphatic heterocycles. The van der Waals surface area contributed by atoms with Gasteiger partial charge in [0.2, 0.25) is 10.0 Å². The lowest BCUT2D eigenvalue weighted by atomic mass is 10.2. The molecule has 0 atom stereocenters. The quantitative estimate of drug-likeness (QED) is 0.475. The van der Waals surface area contributed by atoms with Crippen LogP contribution < -0.4 is 10.0 Å². The van der Waals surface area contributed by atoms with E-state index in [9.17, 15) is 18.0 Å². The summed E-state index contributed by atoms with van der Waals surface area (Å²) in [7, 11) is -2.16. The number of nitrogens with one attached hydrogen (secondary N) is 2. The minimum atomic E-state index is -3.51. The third kappa shape index (κ3) is 3.99. The molecule has 10 heteroatoms. The van der Waals surface area contributed by atoms with Crippen LogP contribution in [0.25, 0.3) is 17.0 Å². The molecule has 1 saturated heterocycles. The van der Waals surface area contributed by atoms with Crippen molar-refractivity contribution >= 4 is 50.0 Å². The highest BCUT2D eigenvalue weighted by Crippen LogP contribution is 2.28. The smallest absolute Gasteiger partial charge is 0.290 e. The molecule has 1 fully saturated rings. The number of carbonyl (C=O) groups excluding carboxylic acids is 2. The van der Waals surface area contributed by atoms with Crippen LogP contribution in [0.4, 0.5) is 4.79 Å². The Labute approximate surface area is 175 Å². The lowest BCUT2D eigenvalue weighted by Crippen LogP contribution is -2.18. The highest BCUT2D eigenvalue weighted by molar-refractivity contribution is 8.18. The summed E-state index contributed by atoms with van der Waals surface area (Å²) >= 11 is 0.805. The number of amides is 2. The van der Waals surface area contributed by atoms with Crippen molar-refractivity contribution in [2.24, 2.45) is 0 Å². The number of hydrogen-bond donors (Lipinski definition) is 2. The molecule has 1 aromatic carbocycles. The first kappa shape index (κ1) is 19.9. The second kappa shape index (κ2) is 7.79. The number of sulfonamides is 1. The zero-order chi connectivity index (χ0) is 21.3. The number of imide groups is 1. The molecule has 0 unspecified atom stereocenters. The molecule has 1 aliphatic rings. The molecule has 2 amide bonds. The molecule has 3 heterocycles. The van der Waals surface area contributed by atoms with E-state index in [0.29, 0.717) is 27.9 Å². The van der Waals surface area contributed by atoms with Gasteiger partial charge in [-0.1, -0.05) is 11.8 Å². The number of pyridine rings is 1. The zero-order valence-corrected chi connectivity index (χ0v) is 17.1. The Balaban J connectivity index is 1.65.